The molecule has 1 fully saturated rings. The predicted octanol–water partition coefficient (Wildman–Crippen LogP) is 1.58. The van der Waals surface area contributed by atoms with E-state index in [1.54, 1.807) is 26.6 Å². The molecular formula is C20H20N8O. The van der Waals surface area contributed by atoms with Crippen LogP contribution in [0.4, 0.5) is 5.82 Å². The molecule has 5 rings (SSSR count). The molecule has 0 unspecified atom stereocenters. The quantitative estimate of drug-likeness (QED) is 0.528. The van der Waals surface area contributed by atoms with Crippen molar-refractivity contribution in [3.05, 3.63) is 66.2 Å². The number of carbonyl (C=O) groups is 1. The van der Waals surface area contributed by atoms with Gasteiger partial charge in [-0.1, -0.05) is 18.2 Å². The molecule has 0 spiro atoms. The van der Waals surface area contributed by atoms with Gasteiger partial charge in [-0.3, -0.25) is 4.79 Å². The fourth-order valence-corrected chi connectivity index (χ4v) is 3.58. The number of rotatable bonds is 4. The molecule has 0 bridgehead atoms. The van der Waals surface area contributed by atoms with Crippen LogP contribution < -0.4 is 4.90 Å². The molecule has 0 atom stereocenters. The highest BCUT2D eigenvalue weighted by atomic mass is 16.2. The standard InChI is InChI=1S/C20H20N8O/c1-14-17(10-22-28(14)15-6-4-3-5-7-15)20(29)25(2)16-11-26(12-16)19-9-8-18-23-21-13-27(18)24-19/h3-10,13,16H,11-12H2,1-2H3. The number of aromatic nitrogens is 6. The third-order valence-electron chi connectivity index (χ3n) is 5.44. The summed E-state index contributed by atoms with van der Waals surface area (Å²) in [5.41, 5.74) is 3.11. The topological polar surface area (TPSA) is 84.5 Å². The van der Waals surface area contributed by atoms with E-state index < -0.39 is 0 Å². The van der Waals surface area contributed by atoms with Gasteiger partial charge in [0.2, 0.25) is 0 Å². The number of fused-ring (bicyclic) bond motifs is 1. The molecular weight excluding hydrogens is 368 g/mol. The Bertz CT molecular complexity index is 1180. The van der Waals surface area contributed by atoms with E-state index >= 15 is 0 Å². The van der Waals surface area contributed by atoms with Gasteiger partial charge >= 0.3 is 0 Å². The van der Waals surface area contributed by atoms with Crippen LogP contribution in [0.3, 0.4) is 0 Å². The molecule has 1 aliphatic rings. The number of carbonyl (C=O) groups excluding carboxylic acids is 1. The van der Waals surface area contributed by atoms with Crippen molar-refractivity contribution in [1.29, 1.82) is 0 Å². The van der Waals surface area contributed by atoms with Crippen molar-refractivity contribution in [2.45, 2.75) is 13.0 Å². The van der Waals surface area contributed by atoms with Gasteiger partial charge in [-0.05, 0) is 31.2 Å². The Kier molecular flexibility index (Phi) is 4.01. The summed E-state index contributed by atoms with van der Waals surface area (Å²) in [5.74, 6) is 0.832. The van der Waals surface area contributed by atoms with Gasteiger partial charge in [-0.15, -0.1) is 15.3 Å². The highest BCUT2D eigenvalue weighted by molar-refractivity contribution is 5.95. The van der Waals surface area contributed by atoms with Gasteiger partial charge in [-0.2, -0.15) is 9.61 Å². The number of anilines is 1. The smallest absolute Gasteiger partial charge is 0.257 e. The van der Waals surface area contributed by atoms with Crippen molar-refractivity contribution < 1.29 is 4.79 Å². The minimum Gasteiger partial charge on any atom is -0.351 e. The summed E-state index contributed by atoms with van der Waals surface area (Å²) in [4.78, 5) is 17.0. The molecule has 4 aromatic rings. The normalized spacial score (nSPS) is 14.2. The van der Waals surface area contributed by atoms with E-state index in [0.717, 1.165) is 30.3 Å². The molecule has 1 aromatic carbocycles. The first kappa shape index (κ1) is 17.4. The van der Waals surface area contributed by atoms with E-state index in [1.165, 1.54) is 0 Å². The molecule has 1 saturated heterocycles. The summed E-state index contributed by atoms with van der Waals surface area (Å²) < 4.78 is 3.45. The van der Waals surface area contributed by atoms with Crippen LogP contribution in [0.1, 0.15) is 16.1 Å². The van der Waals surface area contributed by atoms with Crippen LogP contribution in [0.15, 0.2) is 55.0 Å². The van der Waals surface area contributed by atoms with Crippen LogP contribution in [0.2, 0.25) is 0 Å². The van der Waals surface area contributed by atoms with E-state index in [1.807, 2.05) is 56.4 Å². The first-order valence-electron chi connectivity index (χ1n) is 9.41. The van der Waals surface area contributed by atoms with E-state index in [-0.39, 0.29) is 11.9 Å². The van der Waals surface area contributed by atoms with Gasteiger partial charge in [0.1, 0.15) is 12.1 Å². The number of amides is 1. The molecule has 0 saturated carbocycles. The van der Waals surface area contributed by atoms with E-state index in [0.29, 0.717) is 11.2 Å². The van der Waals surface area contributed by atoms with Crippen molar-refractivity contribution in [1.82, 2.24) is 34.5 Å². The number of nitrogens with zero attached hydrogens (tertiary/aromatic N) is 8. The van der Waals surface area contributed by atoms with Crippen molar-refractivity contribution in [3.63, 3.8) is 0 Å². The van der Waals surface area contributed by atoms with Gasteiger partial charge in [-0.25, -0.2) is 4.68 Å². The second-order valence-electron chi connectivity index (χ2n) is 7.19. The van der Waals surface area contributed by atoms with E-state index in [9.17, 15) is 4.79 Å². The number of hydrogen-bond acceptors (Lipinski definition) is 6. The lowest BCUT2D eigenvalue weighted by molar-refractivity contribution is 0.0704. The van der Waals surface area contributed by atoms with Crippen LogP contribution in [0.25, 0.3) is 11.3 Å². The lowest BCUT2D eigenvalue weighted by Crippen LogP contribution is -2.60. The number of para-hydroxylation sites is 1. The third kappa shape index (κ3) is 2.91. The number of benzene rings is 1. The molecule has 0 aliphatic carbocycles. The Morgan fingerprint density at radius 1 is 1.14 bits per heavy atom. The molecule has 1 aliphatic heterocycles. The minimum absolute atomic E-state index is 0.0171. The van der Waals surface area contributed by atoms with Gasteiger partial charge in [0.15, 0.2) is 5.65 Å². The molecule has 4 heterocycles. The summed E-state index contributed by atoms with van der Waals surface area (Å²) in [5, 5.41) is 16.7. The first-order valence-corrected chi connectivity index (χ1v) is 9.41. The lowest BCUT2D eigenvalue weighted by atomic mass is 10.1. The largest absolute Gasteiger partial charge is 0.351 e. The molecule has 3 aromatic heterocycles. The fraction of sp³-hybridized carbons (Fsp3) is 0.250. The van der Waals surface area contributed by atoms with Crippen LogP contribution in [-0.2, 0) is 0 Å². The van der Waals surface area contributed by atoms with Crippen molar-refractivity contribution >= 4 is 17.4 Å². The summed E-state index contributed by atoms with van der Waals surface area (Å²) in [6, 6.07) is 13.8. The van der Waals surface area contributed by atoms with Crippen molar-refractivity contribution in [2.75, 3.05) is 25.0 Å². The Labute approximate surface area is 167 Å². The maximum atomic E-state index is 13.0. The minimum atomic E-state index is -0.0171. The molecule has 29 heavy (non-hydrogen) atoms. The average Bonchev–Trinajstić information content (AvgIpc) is 3.33. The maximum Gasteiger partial charge on any atom is 0.257 e. The number of hydrogen-bond donors (Lipinski definition) is 0. The van der Waals surface area contributed by atoms with Crippen LogP contribution in [0, 0.1) is 6.92 Å². The van der Waals surface area contributed by atoms with Gasteiger partial charge in [0, 0.05) is 20.1 Å². The van der Waals surface area contributed by atoms with Crippen molar-refractivity contribution in [2.24, 2.45) is 0 Å². The summed E-state index contributed by atoms with van der Waals surface area (Å²) in [6.07, 6.45) is 3.23. The maximum absolute atomic E-state index is 13.0. The third-order valence-corrected chi connectivity index (χ3v) is 5.44. The van der Waals surface area contributed by atoms with Gasteiger partial charge in [0.05, 0.1) is 29.2 Å². The van der Waals surface area contributed by atoms with Crippen LogP contribution >= 0.6 is 0 Å². The zero-order valence-corrected chi connectivity index (χ0v) is 16.2. The molecule has 1 amide bonds. The van der Waals surface area contributed by atoms with Gasteiger partial charge in [0.25, 0.3) is 5.91 Å². The highest BCUT2D eigenvalue weighted by Crippen LogP contribution is 2.23. The molecule has 146 valence electrons. The Morgan fingerprint density at radius 3 is 2.72 bits per heavy atom. The summed E-state index contributed by atoms with van der Waals surface area (Å²) in [6.45, 7) is 3.38. The average molecular weight is 388 g/mol. The Morgan fingerprint density at radius 2 is 1.93 bits per heavy atom. The Hall–Kier alpha value is -3.75. The second-order valence-corrected chi connectivity index (χ2v) is 7.19. The zero-order chi connectivity index (χ0) is 20.0. The zero-order valence-electron chi connectivity index (χ0n) is 16.2. The molecule has 0 N–H and O–H groups in total. The van der Waals surface area contributed by atoms with Crippen LogP contribution in [-0.4, -0.2) is 66.6 Å². The summed E-state index contributed by atoms with van der Waals surface area (Å²) >= 11 is 0. The van der Waals surface area contributed by atoms with E-state index in [2.05, 4.69) is 25.3 Å². The lowest BCUT2D eigenvalue weighted by Gasteiger charge is -2.44. The second kappa shape index (κ2) is 6.69. The van der Waals surface area contributed by atoms with Crippen molar-refractivity contribution in [3.8, 4) is 5.69 Å². The Balaban J connectivity index is 1.29. The summed E-state index contributed by atoms with van der Waals surface area (Å²) in [7, 11) is 1.85. The predicted molar refractivity (Wildman–Crippen MR) is 107 cm³/mol. The molecule has 9 heteroatoms. The van der Waals surface area contributed by atoms with Gasteiger partial charge < -0.3 is 9.80 Å². The monoisotopic (exact) mass is 388 g/mol. The highest BCUT2D eigenvalue weighted by Gasteiger charge is 2.34. The first-order chi connectivity index (χ1) is 14.1. The molecule has 0 radical (unpaired) electrons. The molecule has 9 nitrogen and oxygen atoms in total. The van der Waals surface area contributed by atoms with Crippen LogP contribution in [0.5, 0.6) is 0 Å². The fourth-order valence-electron chi connectivity index (χ4n) is 3.58. The van der Waals surface area contributed by atoms with E-state index in [4.69, 9.17) is 0 Å². The number of likely N-dealkylation sites (N-methyl/N-ethyl adjacent to an activating group) is 1. The SMILES string of the molecule is Cc1c(C(=O)N(C)C2CN(c3ccc4nncn4n3)C2)cnn1-c1ccccc1.